The van der Waals surface area contributed by atoms with Gasteiger partial charge >= 0.3 is 0 Å². The van der Waals surface area contributed by atoms with Crippen LogP contribution in [0, 0.1) is 23.5 Å². The summed E-state index contributed by atoms with van der Waals surface area (Å²) in [6.07, 6.45) is 0. The third-order valence-corrected chi connectivity index (χ3v) is 2.98. The van der Waals surface area contributed by atoms with Crippen LogP contribution in [-0.4, -0.2) is 4.98 Å². The molecule has 0 radical (unpaired) electrons. The number of pyridine rings is 1. The smallest absolute Gasteiger partial charge is 0.253 e. The third-order valence-electron chi connectivity index (χ3n) is 2.73. The number of aromatic nitrogens is 1. The molecule has 2 nitrogen and oxygen atoms in total. The Morgan fingerprint density at radius 2 is 1.50 bits per heavy atom. The number of halogens is 5. The molecule has 1 aromatic carbocycles. The monoisotopic (exact) mass is 304 g/mol. The first-order chi connectivity index (χ1) is 9.40. The summed E-state index contributed by atoms with van der Waals surface area (Å²) >= 11 is 5.72. The molecule has 1 heterocycles. The van der Waals surface area contributed by atoms with Gasteiger partial charge in [-0.3, -0.25) is 0 Å². The zero-order valence-corrected chi connectivity index (χ0v) is 11.0. The molecule has 106 valence electrons. The molecule has 7 heteroatoms. The minimum atomic E-state index is -1.70. The van der Waals surface area contributed by atoms with Crippen LogP contribution < -0.4 is 5.32 Å². The summed E-state index contributed by atoms with van der Waals surface area (Å²) in [7, 11) is 0. The van der Waals surface area contributed by atoms with Gasteiger partial charge in [-0.15, -0.1) is 0 Å². The Labute approximate surface area is 117 Å². The molecule has 2 rings (SSSR count). The van der Waals surface area contributed by atoms with Crippen LogP contribution >= 0.6 is 11.6 Å². The molecule has 0 aliphatic heterocycles. The van der Waals surface area contributed by atoms with Crippen molar-refractivity contribution in [1.29, 1.82) is 0 Å². The Kier molecular flexibility index (Phi) is 4.13. The second-order valence-electron chi connectivity index (χ2n) is 4.11. The van der Waals surface area contributed by atoms with Gasteiger partial charge in [0.25, 0.3) is 11.9 Å². The van der Waals surface area contributed by atoms with E-state index in [0.717, 1.165) is 0 Å². The van der Waals surface area contributed by atoms with Crippen LogP contribution in [0.3, 0.4) is 0 Å². The highest BCUT2D eigenvalue weighted by molar-refractivity contribution is 6.30. The molecule has 2 aromatic rings. The maximum Gasteiger partial charge on any atom is 0.253 e. The standard InChI is InChI=1S/C13H9ClF4N2/c1-6(7-2-4-8(14)5-3-7)19-11-9(15)12(17)20-13(18)10(11)16/h2-6H,1H3,(H,19,20). The summed E-state index contributed by atoms with van der Waals surface area (Å²) in [4.78, 5) is 2.48. The SMILES string of the molecule is CC(Nc1c(F)c(F)nc(F)c1F)c1ccc(Cl)cc1. The first kappa shape index (κ1) is 14.6. The van der Waals surface area contributed by atoms with Gasteiger partial charge < -0.3 is 5.32 Å². The molecule has 0 bridgehead atoms. The Morgan fingerprint density at radius 1 is 1.00 bits per heavy atom. The summed E-state index contributed by atoms with van der Waals surface area (Å²) in [6.45, 7) is 1.58. The fraction of sp³-hybridized carbons (Fsp3) is 0.154. The lowest BCUT2D eigenvalue weighted by Crippen LogP contribution is -2.13. The van der Waals surface area contributed by atoms with E-state index in [4.69, 9.17) is 11.6 Å². The van der Waals surface area contributed by atoms with E-state index in [9.17, 15) is 17.6 Å². The number of benzene rings is 1. The van der Waals surface area contributed by atoms with Crippen molar-refractivity contribution in [3.05, 3.63) is 58.4 Å². The number of anilines is 1. The number of hydrogen-bond donors (Lipinski definition) is 1. The van der Waals surface area contributed by atoms with E-state index in [1.807, 2.05) is 0 Å². The van der Waals surface area contributed by atoms with Gasteiger partial charge in [0.1, 0.15) is 5.69 Å². The van der Waals surface area contributed by atoms with Crippen molar-refractivity contribution in [2.24, 2.45) is 0 Å². The van der Waals surface area contributed by atoms with Crippen LogP contribution in [0.25, 0.3) is 0 Å². The third kappa shape index (κ3) is 2.85. The van der Waals surface area contributed by atoms with E-state index in [1.54, 1.807) is 31.2 Å². The van der Waals surface area contributed by atoms with Gasteiger partial charge in [-0.1, -0.05) is 23.7 Å². The maximum atomic E-state index is 13.5. The maximum absolute atomic E-state index is 13.5. The second kappa shape index (κ2) is 5.66. The van der Waals surface area contributed by atoms with E-state index < -0.39 is 35.3 Å². The normalized spacial score (nSPS) is 12.3. The molecule has 1 atom stereocenters. The molecular weight excluding hydrogens is 296 g/mol. The lowest BCUT2D eigenvalue weighted by Gasteiger charge is -2.17. The molecule has 0 aliphatic carbocycles. The van der Waals surface area contributed by atoms with E-state index in [1.165, 1.54) is 0 Å². The molecule has 0 fully saturated rings. The van der Waals surface area contributed by atoms with E-state index in [-0.39, 0.29) is 0 Å². The van der Waals surface area contributed by atoms with Crippen LogP contribution in [-0.2, 0) is 0 Å². The van der Waals surface area contributed by atoms with Gasteiger partial charge in [-0.25, -0.2) is 0 Å². The highest BCUT2D eigenvalue weighted by atomic mass is 35.5. The lowest BCUT2D eigenvalue weighted by molar-refractivity contribution is 0.410. The Balaban J connectivity index is 2.32. The van der Waals surface area contributed by atoms with Gasteiger partial charge in [0, 0.05) is 11.1 Å². The zero-order valence-electron chi connectivity index (χ0n) is 10.2. The quantitative estimate of drug-likeness (QED) is 0.669. The Hall–Kier alpha value is -1.82. The number of nitrogens with one attached hydrogen (secondary N) is 1. The van der Waals surface area contributed by atoms with E-state index in [2.05, 4.69) is 10.3 Å². The molecule has 1 N–H and O–H groups in total. The summed E-state index contributed by atoms with van der Waals surface area (Å²) in [5, 5.41) is 2.88. The summed E-state index contributed by atoms with van der Waals surface area (Å²) in [5.41, 5.74) is -0.247. The minimum absolute atomic E-state index is 0.499. The predicted molar refractivity (Wildman–Crippen MR) is 67.6 cm³/mol. The molecule has 0 saturated carbocycles. The molecule has 0 spiro atoms. The average molecular weight is 305 g/mol. The topological polar surface area (TPSA) is 24.9 Å². The molecule has 0 saturated heterocycles. The van der Waals surface area contributed by atoms with Gasteiger partial charge in [0.2, 0.25) is 11.6 Å². The number of hydrogen-bond acceptors (Lipinski definition) is 2. The minimum Gasteiger partial charge on any atom is -0.373 e. The zero-order chi connectivity index (χ0) is 14.9. The Morgan fingerprint density at radius 3 is 2.00 bits per heavy atom. The van der Waals surface area contributed by atoms with Crippen molar-refractivity contribution < 1.29 is 17.6 Å². The van der Waals surface area contributed by atoms with Gasteiger partial charge in [-0.2, -0.15) is 22.5 Å². The van der Waals surface area contributed by atoms with Gasteiger partial charge in [0.15, 0.2) is 0 Å². The van der Waals surface area contributed by atoms with Crippen LogP contribution in [0.5, 0.6) is 0 Å². The van der Waals surface area contributed by atoms with Crippen LogP contribution in [0.1, 0.15) is 18.5 Å². The van der Waals surface area contributed by atoms with Gasteiger partial charge in [0.05, 0.1) is 0 Å². The predicted octanol–water partition coefficient (Wildman–Crippen LogP) is 4.46. The summed E-state index contributed by atoms with van der Waals surface area (Å²) < 4.78 is 52.9. The summed E-state index contributed by atoms with van der Waals surface area (Å²) in [6, 6.07) is 5.86. The molecule has 0 aliphatic rings. The summed E-state index contributed by atoms with van der Waals surface area (Å²) in [5.74, 6) is -6.53. The molecule has 0 amide bonds. The Bertz CT molecular complexity index is 605. The van der Waals surface area contributed by atoms with Crippen molar-refractivity contribution in [2.45, 2.75) is 13.0 Å². The fourth-order valence-electron chi connectivity index (χ4n) is 1.67. The van der Waals surface area contributed by atoms with Crippen molar-refractivity contribution in [3.8, 4) is 0 Å². The first-order valence-corrected chi connectivity index (χ1v) is 6.00. The fourth-order valence-corrected chi connectivity index (χ4v) is 1.79. The highest BCUT2D eigenvalue weighted by Crippen LogP contribution is 2.27. The van der Waals surface area contributed by atoms with Crippen molar-refractivity contribution in [3.63, 3.8) is 0 Å². The number of rotatable bonds is 3. The van der Waals surface area contributed by atoms with E-state index >= 15 is 0 Å². The van der Waals surface area contributed by atoms with E-state index in [0.29, 0.717) is 10.6 Å². The highest BCUT2D eigenvalue weighted by Gasteiger charge is 2.22. The van der Waals surface area contributed by atoms with Crippen molar-refractivity contribution >= 4 is 17.3 Å². The molecular formula is C13H9ClF4N2. The lowest BCUT2D eigenvalue weighted by atomic mass is 10.1. The van der Waals surface area contributed by atoms with Crippen LogP contribution in [0.4, 0.5) is 23.2 Å². The molecule has 1 aromatic heterocycles. The first-order valence-electron chi connectivity index (χ1n) is 5.62. The molecule has 20 heavy (non-hydrogen) atoms. The average Bonchev–Trinajstić information content (AvgIpc) is 2.42. The largest absolute Gasteiger partial charge is 0.373 e. The van der Waals surface area contributed by atoms with Crippen molar-refractivity contribution in [2.75, 3.05) is 5.32 Å². The molecule has 1 unspecified atom stereocenters. The van der Waals surface area contributed by atoms with Crippen LogP contribution in [0.2, 0.25) is 5.02 Å². The van der Waals surface area contributed by atoms with Gasteiger partial charge in [-0.05, 0) is 24.6 Å². The van der Waals surface area contributed by atoms with Crippen molar-refractivity contribution in [1.82, 2.24) is 4.98 Å². The second-order valence-corrected chi connectivity index (χ2v) is 4.55. The number of nitrogens with zero attached hydrogens (tertiary/aromatic N) is 1. The van der Waals surface area contributed by atoms with Crippen LogP contribution in [0.15, 0.2) is 24.3 Å².